The molecule has 1 heterocycles. The number of nitrogens with zero attached hydrogens (tertiary/aromatic N) is 1. The fourth-order valence-electron chi connectivity index (χ4n) is 1.93. The molecule has 0 saturated heterocycles. The Bertz CT molecular complexity index is 515. The molecule has 1 aromatic rings. The van der Waals surface area contributed by atoms with Gasteiger partial charge in [0.2, 0.25) is 0 Å². The number of anilines is 2. The summed E-state index contributed by atoms with van der Waals surface area (Å²) in [5, 5.41) is 11.5. The van der Waals surface area contributed by atoms with E-state index in [-0.39, 0.29) is 25.0 Å². The standard InChI is InChI=1S/C13H16N2O4/c1-8(5-13(17)18)15(2)9-3-4-11-10(6-9)14-12(16)7-19-11/h3-4,6,8H,5,7H2,1-2H3,(H,14,16)(H,17,18). The maximum absolute atomic E-state index is 11.3. The summed E-state index contributed by atoms with van der Waals surface area (Å²) in [6, 6.07) is 5.25. The number of hydrogen-bond acceptors (Lipinski definition) is 4. The van der Waals surface area contributed by atoms with Crippen LogP contribution in [0.1, 0.15) is 13.3 Å². The molecule has 102 valence electrons. The second-order valence-corrected chi connectivity index (χ2v) is 4.58. The van der Waals surface area contributed by atoms with E-state index in [1.165, 1.54) is 0 Å². The number of ether oxygens (including phenoxy) is 1. The van der Waals surface area contributed by atoms with Crippen LogP contribution in [0, 0.1) is 0 Å². The lowest BCUT2D eigenvalue weighted by molar-refractivity contribution is -0.137. The molecule has 0 aromatic heterocycles. The summed E-state index contributed by atoms with van der Waals surface area (Å²) in [5.41, 5.74) is 1.45. The number of carboxylic acid groups (broad SMARTS) is 1. The van der Waals surface area contributed by atoms with E-state index < -0.39 is 5.97 Å². The Labute approximate surface area is 111 Å². The van der Waals surface area contributed by atoms with Gasteiger partial charge in [0.25, 0.3) is 5.91 Å². The lowest BCUT2D eigenvalue weighted by atomic mass is 10.1. The zero-order chi connectivity index (χ0) is 14.0. The Morgan fingerprint density at radius 1 is 1.58 bits per heavy atom. The van der Waals surface area contributed by atoms with Crippen LogP contribution in [-0.4, -0.2) is 36.7 Å². The Balaban J connectivity index is 2.19. The minimum Gasteiger partial charge on any atom is -0.482 e. The van der Waals surface area contributed by atoms with E-state index in [2.05, 4.69) is 5.32 Å². The zero-order valence-corrected chi connectivity index (χ0v) is 10.8. The molecular weight excluding hydrogens is 248 g/mol. The smallest absolute Gasteiger partial charge is 0.305 e. The van der Waals surface area contributed by atoms with Crippen LogP contribution in [0.3, 0.4) is 0 Å². The van der Waals surface area contributed by atoms with Gasteiger partial charge in [-0.1, -0.05) is 0 Å². The number of aliphatic carboxylic acids is 1. The summed E-state index contributed by atoms with van der Waals surface area (Å²) in [7, 11) is 1.82. The van der Waals surface area contributed by atoms with E-state index in [4.69, 9.17) is 9.84 Å². The van der Waals surface area contributed by atoms with Crippen molar-refractivity contribution in [1.82, 2.24) is 0 Å². The molecule has 19 heavy (non-hydrogen) atoms. The number of benzene rings is 1. The lowest BCUT2D eigenvalue weighted by Crippen LogP contribution is -2.31. The highest BCUT2D eigenvalue weighted by molar-refractivity contribution is 5.96. The van der Waals surface area contributed by atoms with Gasteiger partial charge in [-0.15, -0.1) is 0 Å². The minimum absolute atomic E-state index is 0.0254. The Morgan fingerprint density at radius 3 is 3.00 bits per heavy atom. The first-order chi connectivity index (χ1) is 8.97. The van der Waals surface area contributed by atoms with Gasteiger partial charge in [-0.05, 0) is 25.1 Å². The van der Waals surface area contributed by atoms with Gasteiger partial charge in [0.05, 0.1) is 12.1 Å². The van der Waals surface area contributed by atoms with Crippen molar-refractivity contribution in [2.75, 3.05) is 23.9 Å². The van der Waals surface area contributed by atoms with Gasteiger partial charge in [0.1, 0.15) is 5.75 Å². The Morgan fingerprint density at radius 2 is 2.32 bits per heavy atom. The number of carbonyl (C=O) groups is 2. The van der Waals surface area contributed by atoms with Crippen molar-refractivity contribution in [3.63, 3.8) is 0 Å². The van der Waals surface area contributed by atoms with Gasteiger partial charge < -0.3 is 20.1 Å². The largest absolute Gasteiger partial charge is 0.482 e. The SMILES string of the molecule is CC(CC(=O)O)N(C)c1ccc2c(c1)NC(=O)CO2. The number of carboxylic acids is 1. The van der Waals surface area contributed by atoms with E-state index in [0.29, 0.717) is 11.4 Å². The predicted octanol–water partition coefficient (Wildman–Crippen LogP) is 1.32. The van der Waals surface area contributed by atoms with Crippen LogP contribution >= 0.6 is 0 Å². The third kappa shape index (κ3) is 2.96. The molecule has 1 aromatic carbocycles. The average molecular weight is 264 g/mol. The van der Waals surface area contributed by atoms with E-state index in [1.54, 1.807) is 12.1 Å². The summed E-state index contributed by atoms with van der Waals surface area (Å²) in [6.45, 7) is 1.86. The molecule has 2 N–H and O–H groups in total. The second kappa shape index (κ2) is 5.17. The monoisotopic (exact) mass is 264 g/mol. The van der Waals surface area contributed by atoms with Crippen molar-refractivity contribution >= 4 is 23.3 Å². The molecule has 1 aliphatic rings. The molecule has 0 radical (unpaired) electrons. The van der Waals surface area contributed by atoms with Crippen LogP contribution in [0.25, 0.3) is 0 Å². The molecule has 0 bridgehead atoms. The van der Waals surface area contributed by atoms with Crippen molar-refractivity contribution in [2.45, 2.75) is 19.4 Å². The molecule has 0 aliphatic carbocycles. The van der Waals surface area contributed by atoms with Crippen LogP contribution in [-0.2, 0) is 9.59 Å². The second-order valence-electron chi connectivity index (χ2n) is 4.58. The van der Waals surface area contributed by atoms with Gasteiger partial charge in [0, 0.05) is 18.8 Å². The molecule has 0 spiro atoms. The fourth-order valence-corrected chi connectivity index (χ4v) is 1.93. The Hall–Kier alpha value is -2.24. The van der Waals surface area contributed by atoms with Crippen molar-refractivity contribution in [3.8, 4) is 5.75 Å². The summed E-state index contributed by atoms with van der Waals surface area (Å²) in [4.78, 5) is 23.8. The third-order valence-electron chi connectivity index (χ3n) is 3.13. The molecule has 1 amide bonds. The van der Waals surface area contributed by atoms with Crippen molar-refractivity contribution in [2.24, 2.45) is 0 Å². The first-order valence-electron chi connectivity index (χ1n) is 5.98. The molecule has 2 rings (SSSR count). The van der Waals surface area contributed by atoms with Gasteiger partial charge in [-0.25, -0.2) is 0 Å². The number of nitrogens with one attached hydrogen (secondary N) is 1. The number of fused-ring (bicyclic) bond motifs is 1. The van der Waals surface area contributed by atoms with Gasteiger partial charge in [0.15, 0.2) is 6.61 Å². The zero-order valence-electron chi connectivity index (χ0n) is 10.8. The van der Waals surface area contributed by atoms with Crippen molar-refractivity contribution in [1.29, 1.82) is 0 Å². The summed E-state index contributed by atoms with van der Waals surface area (Å²) in [6.07, 6.45) is 0.0520. The third-order valence-corrected chi connectivity index (χ3v) is 3.13. The van der Waals surface area contributed by atoms with Crippen molar-refractivity contribution in [3.05, 3.63) is 18.2 Å². The molecule has 0 fully saturated rings. The molecular formula is C13H16N2O4. The van der Waals surface area contributed by atoms with E-state index in [9.17, 15) is 9.59 Å². The molecule has 6 nitrogen and oxygen atoms in total. The van der Waals surface area contributed by atoms with Crippen LogP contribution in [0.4, 0.5) is 11.4 Å². The van der Waals surface area contributed by atoms with Gasteiger partial charge in [-0.2, -0.15) is 0 Å². The van der Waals surface area contributed by atoms with E-state index >= 15 is 0 Å². The first-order valence-corrected chi connectivity index (χ1v) is 5.98. The van der Waals surface area contributed by atoms with Gasteiger partial charge in [-0.3, -0.25) is 9.59 Å². The summed E-state index contributed by atoms with van der Waals surface area (Å²) >= 11 is 0. The van der Waals surface area contributed by atoms with E-state index in [0.717, 1.165) is 5.69 Å². The molecule has 6 heteroatoms. The van der Waals surface area contributed by atoms with Crippen molar-refractivity contribution < 1.29 is 19.4 Å². The fraction of sp³-hybridized carbons (Fsp3) is 0.385. The van der Waals surface area contributed by atoms with Crippen LogP contribution in [0.5, 0.6) is 5.75 Å². The van der Waals surface area contributed by atoms with E-state index in [1.807, 2.05) is 24.9 Å². The lowest BCUT2D eigenvalue weighted by Gasteiger charge is -2.27. The highest BCUT2D eigenvalue weighted by Gasteiger charge is 2.19. The summed E-state index contributed by atoms with van der Waals surface area (Å²) in [5.74, 6) is -0.400. The minimum atomic E-state index is -0.839. The maximum Gasteiger partial charge on any atom is 0.305 e. The number of hydrogen-bond donors (Lipinski definition) is 2. The summed E-state index contributed by atoms with van der Waals surface area (Å²) < 4.78 is 5.27. The normalized spacial score (nSPS) is 14.9. The quantitative estimate of drug-likeness (QED) is 0.857. The number of rotatable bonds is 4. The first kappa shape index (κ1) is 13.2. The maximum atomic E-state index is 11.3. The topological polar surface area (TPSA) is 78.9 Å². The van der Waals surface area contributed by atoms with Crippen LogP contribution < -0.4 is 15.0 Å². The van der Waals surface area contributed by atoms with Crippen LogP contribution in [0.2, 0.25) is 0 Å². The molecule has 1 atom stereocenters. The number of amides is 1. The highest BCUT2D eigenvalue weighted by Crippen LogP contribution is 2.32. The highest BCUT2D eigenvalue weighted by atomic mass is 16.5. The molecule has 1 unspecified atom stereocenters. The Kier molecular flexibility index (Phi) is 3.59. The van der Waals surface area contributed by atoms with Crippen LogP contribution in [0.15, 0.2) is 18.2 Å². The van der Waals surface area contributed by atoms with Gasteiger partial charge >= 0.3 is 5.97 Å². The number of carbonyl (C=O) groups excluding carboxylic acids is 1. The molecule has 0 saturated carbocycles. The average Bonchev–Trinajstić information content (AvgIpc) is 2.36. The molecule has 1 aliphatic heterocycles. The predicted molar refractivity (Wildman–Crippen MR) is 70.7 cm³/mol.